The first kappa shape index (κ1) is 20.8. The van der Waals surface area contributed by atoms with Crippen molar-refractivity contribution in [3.8, 4) is 5.75 Å². The molecule has 5 heteroatoms. The lowest BCUT2D eigenvalue weighted by molar-refractivity contribution is -0.346. The van der Waals surface area contributed by atoms with Crippen LogP contribution >= 0.6 is 0 Å². The van der Waals surface area contributed by atoms with Crippen LogP contribution in [0.5, 0.6) is 5.75 Å². The molecule has 138 valence electrons. The molecule has 0 atom stereocenters. The fourth-order valence-corrected chi connectivity index (χ4v) is 2.44. The van der Waals surface area contributed by atoms with Gasteiger partial charge in [0.25, 0.3) is 0 Å². The highest BCUT2D eigenvalue weighted by molar-refractivity contribution is 5.31. The molecule has 0 aromatic heterocycles. The SMILES string of the molecule is CCC(C)(C)c1ccc(OC(F)(F)C(F)(F)C(C)(CC)CC)cc1. The molecule has 0 aliphatic heterocycles. The second-order valence-electron chi connectivity index (χ2n) is 7.22. The van der Waals surface area contributed by atoms with Crippen molar-refractivity contribution in [1.29, 1.82) is 0 Å². The Morgan fingerprint density at radius 3 is 1.62 bits per heavy atom. The third-order valence-corrected chi connectivity index (χ3v) is 5.45. The molecule has 24 heavy (non-hydrogen) atoms. The van der Waals surface area contributed by atoms with Gasteiger partial charge in [-0.1, -0.05) is 53.7 Å². The number of ether oxygens (including phenoxy) is 1. The molecule has 0 aliphatic carbocycles. The molecule has 1 rings (SSSR count). The molecule has 0 saturated carbocycles. The zero-order valence-corrected chi connectivity index (χ0v) is 15.4. The van der Waals surface area contributed by atoms with Gasteiger partial charge >= 0.3 is 12.0 Å². The highest BCUT2D eigenvalue weighted by Gasteiger charge is 2.67. The molecule has 0 bridgehead atoms. The molecule has 0 saturated heterocycles. The molecule has 0 fully saturated rings. The van der Waals surface area contributed by atoms with Gasteiger partial charge in [-0.2, -0.15) is 17.6 Å². The summed E-state index contributed by atoms with van der Waals surface area (Å²) in [6.07, 6.45) is -3.85. The summed E-state index contributed by atoms with van der Waals surface area (Å²) in [6.45, 7) is 10.2. The Morgan fingerprint density at radius 2 is 1.25 bits per heavy atom. The maximum Gasteiger partial charge on any atom is 0.464 e. The van der Waals surface area contributed by atoms with Crippen LogP contribution in [0.3, 0.4) is 0 Å². The molecule has 1 aromatic rings. The van der Waals surface area contributed by atoms with Crippen molar-refractivity contribution in [3.63, 3.8) is 0 Å². The van der Waals surface area contributed by atoms with Gasteiger partial charge in [0.1, 0.15) is 5.75 Å². The van der Waals surface area contributed by atoms with E-state index in [9.17, 15) is 17.6 Å². The van der Waals surface area contributed by atoms with Crippen molar-refractivity contribution in [2.24, 2.45) is 5.41 Å². The van der Waals surface area contributed by atoms with Crippen LogP contribution in [0, 0.1) is 5.41 Å². The Kier molecular flexibility index (Phi) is 6.00. The lowest BCUT2D eigenvalue weighted by Crippen LogP contribution is -2.55. The highest BCUT2D eigenvalue weighted by Crippen LogP contribution is 2.51. The number of alkyl halides is 4. The third-order valence-electron chi connectivity index (χ3n) is 5.45. The summed E-state index contributed by atoms with van der Waals surface area (Å²) < 4.78 is 61.6. The quantitative estimate of drug-likeness (QED) is 0.469. The van der Waals surface area contributed by atoms with Crippen LogP contribution in [0.25, 0.3) is 0 Å². The molecular weight excluding hydrogens is 320 g/mol. The van der Waals surface area contributed by atoms with E-state index >= 15 is 0 Å². The number of rotatable bonds is 8. The predicted octanol–water partition coefficient (Wildman–Crippen LogP) is 6.81. The first-order valence-corrected chi connectivity index (χ1v) is 8.42. The Hall–Kier alpha value is -1.26. The average molecular weight is 348 g/mol. The summed E-state index contributed by atoms with van der Waals surface area (Å²) in [6, 6.07) is 5.94. The van der Waals surface area contributed by atoms with E-state index in [0.29, 0.717) is 0 Å². The molecule has 1 aromatic carbocycles. The maximum absolute atomic E-state index is 14.4. The van der Waals surface area contributed by atoms with Gasteiger partial charge in [0.2, 0.25) is 0 Å². The van der Waals surface area contributed by atoms with E-state index in [1.165, 1.54) is 26.0 Å². The van der Waals surface area contributed by atoms with E-state index < -0.39 is 17.4 Å². The van der Waals surface area contributed by atoms with Gasteiger partial charge in [0.05, 0.1) is 0 Å². The highest BCUT2D eigenvalue weighted by atomic mass is 19.3. The van der Waals surface area contributed by atoms with E-state index in [2.05, 4.69) is 4.74 Å². The lowest BCUT2D eigenvalue weighted by atomic mass is 9.77. The smallest absolute Gasteiger partial charge is 0.428 e. The van der Waals surface area contributed by atoms with Gasteiger partial charge < -0.3 is 4.74 Å². The van der Waals surface area contributed by atoms with Crippen molar-refractivity contribution in [3.05, 3.63) is 29.8 Å². The van der Waals surface area contributed by atoms with Crippen LogP contribution in [0.1, 0.15) is 66.4 Å². The summed E-state index contributed by atoms with van der Waals surface area (Å²) in [7, 11) is 0. The minimum absolute atomic E-state index is 0.0704. The topological polar surface area (TPSA) is 9.23 Å². The molecule has 0 amide bonds. The van der Waals surface area contributed by atoms with Crippen molar-refractivity contribution < 1.29 is 22.3 Å². The minimum Gasteiger partial charge on any atom is -0.428 e. The van der Waals surface area contributed by atoms with E-state index in [0.717, 1.165) is 18.9 Å². The summed E-state index contributed by atoms with van der Waals surface area (Å²) in [5, 5.41) is 0. The van der Waals surface area contributed by atoms with Gasteiger partial charge in [-0.3, -0.25) is 0 Å². The zero-order chi connectivity index (χ0) is 18.8. The van der Waals surface area contributed by atoms with Crippen molar-refractivity contribution >= 4 is 0 Å². The van der Waals surface area contributed by atoms with E-state index in [-0.39, 0.29) is 24.0 Å². The lowest BCUT2D eigenvalue weighted by Gasteiger charge is -2.39. The predicted molar refractivity (Wildman–Crippen MR) is 89.0 cm³/mol. The van der Waals surface area contributed by atoms with Gasteiger partial charge in [-0.05, 0) is 42.4 Å². The fourth-order valence-electron chi connectivity index (χ4n) is 2.44. The summed E-state index contributed by atoms with van der Waals surface area (Å²) in [5.41, 5.74) is -1.01. The van der Waals surface area contributed by atoms with Crippen LogP contribution < -0.4 is 4.74 Å². The molecule has 0 radical (unpaired) electrons. The van der Waals surface area contributed by atoms with Crippen LogP contribution in [0.2, 0.25) is 0 Å². The van der Waals surface area contributed by atoms with Gasteiger partial charge in [-0.15, -0.1) is 0 Å². The molecule has 0 N–H and O–H groups in total. The third kappa shape index (κ3) is 3.70. The maximum atomic E-state index is 14.4. The van der Waals surface area contributed by atoms with Crippen molar-refractivity contribution in [2.45, 2.75) is 78.3 Å². The van der Waals surface area contributed by atoms with Crippen molar-refractivity contribution in [2.75, 3.05) is 0 Å². The van der Waals surface area contributed by atoms with E-state index in [4.69, 9.17) is 0 Å². The van der Waals surface area contributed by atoms with Gasteiger partial charge in [0.15, 0.2) is 0 Å². The monoisotopic (exact) mass is 348 g/mol. The largest absolute Gasteiger partial charge is 0.464 e. The molecule has 1 nitrogen and oxygen atoms in total. The molecular formula is C19H28F4O. The molecule has 0 heterocycles. The van der Waals surface area contributed by atoms with Crippen LogP contribution in [-0.4, -0.2) is 12.0 Å². The molecule has 0 spiro atoms. The second-order valence-corrected chi connectivity index (χ2v) is 7.22. The fraction of sp³-hybridized carbons (Fsp3) is 0.684. The zero-order valence-electron chi connectivity index (χ0n) is 15.4. The normalized spacial score (nSPS) is 13.9. The molecule has 0 unspecified atom stereocenters. The first-order chi connectivity index (χ1) is 10.9. The molecule has 0 aliphatic rings. The number of benzene rings is 1. The summed E-state index contributed by atoms with van der Waals surface area (Å²) in [4.78, 5) is 0. The van der Waals surface area contributed by atoms with Crippen LogP contribution in [-0.2, 0) is 5.41 Å². The standard InChI is InChI=1S/C19H28F4O/c1-7-16(4,5)14-10-12-15(13-11-14)24-19(22,23)18(20,21)17(6,8-2)9-3/h10-13H,7-9H2,1-6H3. The summed E-state index contributed by atoms with van der Waals surface area (Å²) >= 11 is 0. The Morgan fingerprint density at radius 1 is 0.792 bits per heavy atom. The van der Waals surface area contributed by atoms with Crippen LogP contribution in [0.15, 0.2) is 24.3 Å². The Labute approximate surface area is 142 Å². The summed E-state index contributed by atoms with van der Waals surface area (Å²) in [5.74, 6) is -4.53. The Bertz CT molecular complexity index is 531. The van der Waals surface area contributed by atoms with E-state index in [1.807, 2.05) is 20.8 Å². The van der Waals surface area contributed by atoms with E-state index in [1.54, 1.807) is 12.1 Å². The average Bonchev–Trinajstić information content (AvgIpc) is 2.53. The minimum atomic E-state index is -4.57. The van der Waals surface area contributed by atoms with Crippen molar-refractivity contribution in [1.82, 2.24) is 0 Å². The first-order valence-electron chi connectivity index (χ1n) is 8.42. The number of hydrogen-bond donors (Lipinski definition) is 0. The number of hydrogen-bond acceptors (Lipinski definition) is 1. The Balaban J connectivity index is 3.06. The second kappa shape index (κ2) is 6.93. The van der Waals surface area contributed by atoms with Gasteiger partial charge in [0, 0.05) is 5.41 Å². The number of halogens is 4. The van der Waals surface area contributed by atoms with Gasteiger partial charge in [-0.25, -0.2) is 0 Å². The van der Waals surface area contributed by atoms with Crippen LogP contribution in [0.4, 0.5) is 17.6 Å².